The third-order valence-corrected chi connectivity index (χ3v) is 4.62. The minimum absolute atomic E-state index is 0.0310. The standard InChI is InChI=1S/C22H29N3O2/c1-5-16-11-13-18(14-12-16)19(15(2)3)24-20(17-9-7-6-8-10-17)21(26)25-22(27)23-4/h6-15,19-20,24H,5H2,1-4H3,(H2,23,25,26,27)/t19-,20+/m1/s1. The van der Waals surface area contributed by atoms with E-state index in [0.29, 0.717) is 0 Å². The van der Waals surface area contributed by atoms with E-state index in [0.717, 1.165) is 17.5 Å². The van der Waals surface area contributed by atoms with Crippen molar-refractivity contribution in [2.24, 2.45) is 5.92 Å². The normalized spacial score (nSPS) is 13.1. The van der Waals surface area contributed by atoms with E-state index in [2.05, 4.69) is 61.0 Å². The van der Waals surface area contributed by atoms with Crippen molar-refractivity contribution in [3.8, 4) is 0 Å². The molecule has 0 saturated heterocycles. The Balaban J connectivity index is 2.32. The molecule has 0 fully saturated rings. The SMILES string of the molecule is CCc1ccc([C@H](N[C@H](C(=O)NC(=O)NC)c2ccccc2)C(C)C)cc1. The molecule has 0 unspecified atom stereocenters. The van der Waals surface area contributed by atoms with Crippen molar-refractivity contribution < 1.29 is 9.59 Å². The summed E-state index contributed by atoms with van der Waals surface area (Å²) in [5, 5.41) is 8.28. The molecular weight excluding hydrogens is 338 g/mol. The Kier molecular flexibility index (Phi) is 7.55. The number of amides is 3. The average Bonchev–Trinajstić information content (AvgIpc) is 2.69. The summed E-state index contributed by atoms with van der Waals surface area (Å²) >= 11 is 0. The van der Waals surface area contributed by atoms with E-state index in [4.69, 9.17) is 0 Å². The van der Waals surface area contributed by atoms with Crippen LogP contribution in [0.4, 0.5) is 4.79 Å². The van der Waals surface area contributed by atoms with Crippen LogP contribution < -0.4 is 16.0 Å². The van der Waals surface area contributed by atoms with Crippen molar-refractivity contribution >= 4 is 11.9 Å². The molecule has 0 radical (unpaired) electrons. The number of carbonyl (C=O) groups is 2. The average molecular weight is 367 g/mol. The third-order valence-electron chi connectivity index (χ3n) is 4.62. The number of aryl methyl sites for hydroxylation is 1. The summed E-state index contributed by atoms with van der Waals surface area (Å²) in [6.07, 6.45) is 0.987. The molecule has 0 aliphatic carbocycles. The summed E-state index contributed by atoms with van der Waals surface area (Å²) < 4.78 is 0. The third kappa shape index (κ3) is 5.66. The first-order valence-corrected chi connectivity index (χ1v) is 9.38. The highest BCUT2D eigenvalue weighted by molar-refractivity contribution is 5.97. The molecule has 3 amide bonds. The van der Waals surface area contributed by atoms with Gasteiger partial charge in [0.2, 0.25) is 5.91 Å². The van der Waals surface area contributed by atoms with Crippen LogP contribution in [-0.4, -0.2) is 19.0 Å². The van der Waals surface area contributed by atoms with Crippen LogP contribution in [0.25, 0.3) is 0 Å². The van der Waals surface area contributed by atoms with Gasteiger partial charge in [-0.2, -0.15) is 0 Å². The lowest BCUT2D eigenvalue weighted by atomic mass is 9.93. The predicted molar refractivity (Wildman–Crippen MR) is 108 cm³/mol. The van der Waals surface area contributed by atoms with Gasteiger partial charge >= 0.3 is 6.03 Å². The number of carbonyl (C=O) groups excluding carboxylic acids is 2. The van der Waals surface area contributed by atoms with Crippen LogP contribution in [0.1, 0.15) is 49.5 Å². The Labute approximate surface area is 161 Å². The number of benzene rings is 2. The van der Waals surface area contributed by atoms with Crippen LogP contribution in [0, 0.1) is 5.92 Å². The molecule has 0 aliphatic rings. The largest absolute Gasteiger partial charge is 0.341 e. The van der Waals surface area contributed by atoms with Crippen molar-refractivity contribution in [3.05, 3.63) is 71.3 Å². The lowest BCUT2D eigenvalue weighted by molar-refractivity contribution is -0.122. The maximum Gasteiger partial charge on any atom is 0.321 e. The molecule has 0 aromatic heterocycles. The lowest BCUT2D eigenvalue weighted by Gasteiger charge is -2.28. The van der Waals surface area contributed by atoms with Crippen LogP contribution in [0.2, 0.25) is 0 Å². The Morgan fingerprint density at radius 1 is 0.926 bits per heavy atom. The topological polar surface area (TPSA) is 70.2 Å². The molecule has 0 spiro atoms. The summed E-state index contributed by atoms with van der Waals surface area (Å²) in [5.74, 6) is -0.118. The number of hydrogen-bond donors (Lipinski definition) is 3. The van der Waals surface area contributed by atoms with E-state index < -0.39 is 12.1 Å². The minimum Gasteiger partial charge on any atom is -0.341 e. The molecule has 0 heterocycles. The van der Waals surface area contributed by atoms with Crippen LogP contribution in [0.15, 0.2) is 54.6 Å². The van der Waals surface area contributed by atoms with Gasteiger partial charge in [-0.15, -0.1) is 0 Å². The van der Waals surface area contributed by atoms with Gasteiger partial charge < -0.3 is 5.32 Å². The molecular formula is C22H29N3O2. The lowest BCUT2D eigenvalue weighted by Crippen LogP contribution is -2.45. The summed E-state index contributed by atoms with van der Waals surface area (Å²) in [6.45, 7) is 6.36. The van der Waals surface area contributed by atoms with E-state index in [9.17, 15) is 9.59 Å². The van der Waals surface area contributed by atoms with E-state index in [1.807, 2.05) is 30.3 Å². The number of rotatable bonds is 7. The molecule has 2 aromatic carbocycles. The van der Waals surface area contributed by atoms with Crippen molar-refractivity contribution in [1.82, 2.24) is 16.0 Å². The fraction of sp³-hybridized carbons (Fsp3) is 0.364. The highest BCUT2D eigenvalue weighted by atomic mass is 16.2. The van der Waals surface area contributed by atoms with Gasteiger partial charge in [0.1, 0.15) is 6.04 Å². The fourth-order valence-corrected chi connectivity index (χ4v) is 3.03. The molecule has 0 saturated carbocycles. The van der Waals surface area contributed by atoms with Gasteiger partial charge in [0.25, 0.3) is 0 Å². The molecule has 144 valence electrons. The zero-order valence-corrected chi connectivity index (χ0v) is 16.5. The highest BCUT2D eigenvalue weighted by Gasteiger charge is 2.27. The van der Waals surface area contributed by atoms with Crippen molar-refractivity contribution in [2.45, 2.75) is 39.3 Å². The zero-order valence-electron chi connectivity index (χ0n) is 16.5. The Morgan fingerprint density at radius 3 is 2.07 bits per heavy atom. The highest BCUT2D eigenvalue weighted by Crippen LogP contribution is 2.26. The van der Waals surface area contributed by atoms with Gasteiger partial charge in [-0.25, -0.2) is 4.79 Å². The fourth-order valence-electron chi connectivity index (χ4n) is 3.03. The molecule has 0 aliphatic heterocycles. The molecule has 27 heavy (non-hydrogen) atoms. The number of nitrogens with one attached hydrogen (secondary N) is 3. The van der Waals surface area contributed by atoms with E-state index in [-0.39, 0.29) is 17.9 Å². The number of hydrogen-bond acceptors (Lipinski definition) is 3. The maximum atomic E-state index is 12.8. The van der Waals surface area contributed by atoms with Crippen molar-refractivity contribution in [3.63, 3.8) is 0 Å². The Bertz CT molecular complexity index is 742. The van der Waals surface area contributed by atoms with E-state index in [1.165, 1.54) is 12.6 Å². The van der Waals surface area contributed by atoms with Crippen molar-refractivity contribution in [2.75, 3.05) is 7.05 Å². The van der Waals surface area contributed by atoms with Crippen LogP contribution in [-0.2, 0) is 11.2 Å². The molecule has 3 N–H and O–H groups in total. The zero-order chi connectivity index (χ0) is 19.8. The monoisotopic (exact) mass is 367 g/mol. The second-order valence-electron chi connectivity index (χ2n) is 6.90. The van der Waals surface area contributed by atoms with Gasteiger partial charge in [0, 0.05) is 13.1 Å². The second-order valence-corrected chi connectivity index (χ2v) is 6.90. The van der Waals surface area contributed by atoms with Crippen LogP contribution in [0.5, 0.6) is 0 Å². The molecule has 2 rings (SSSR count). The number of urea groups is 1. The predicted octanol–water partition coefficient (Wildman–Crippen LogP) is 3.73. The first-order valence-electron chi connectivity index (χ1n) is 9.38. The van der Waals surface area contributed by atoms with Gasteiger partial charge in [0.15, 0.2) is 0 Å². The Morgan fingerprint density at radius 2 is 1.56 bits per heavy atom. The van der Waals surface area contributed by atoms with Crippen LogP contribution >= 0.6 is 0 Å². The van der Waals surface area contributed by atoms with E-state index >= 15 is 0 Å². The molecule has 5 heteroatoms. The Hall–Kier alpha value is -2.66. The molecule has 5 nitrogen and oxygen atoms in total. The molecule has 2 atom stereocenters. The summed E-state index contributed by atoms with van der Waals surface area (Å²) in [6, 6.07) is 16.7. The summed E-state index contributed by atoms with van der Waals surface area (Å²) in [4.78, 5) is 24.4. The van der Waals surface area contributed by atoms with Gasteiger partial charge in [-0.05, 0) is 29.0 Å². The second kappa shape index (κ2) is 9.88. The van der Waals surface area contributed by atoms with Crippen molar-refractivity contribution in [1.29, 1.82) is 0 Å². The summed E-state index contributed by atoms with van der Waals surface area (Å²) in [5.41, 5.74) is 3.21. The summed E-state index contributed by atoms with van der Waals surface area (Å²) in [7, 11) is 1.49. The quantitative estimate of drug-likeness (QED) is 0.698. The molecule has 2 aromatic rings. The minimum atomic E-state index is -0.637. The smallest absolute Gasteiger partial charge is 0.321 e. The van der Waals surface area contributed by atoms with Crippen LogP contribution in [0.3, 0.4) is 0 Å². The first kappa shape index (κ1) is 20.6. The van der Waals surface area contributed by atoms with Gasteiger partial charge in [-0.3, -0.25) is 15.4 Å². The van der Waals surface area contributed by atoms with E-state index in [1.54, 1.807) is 0 Å². The maximum absolute atomic E-state index is 12.8. The molecule has 0 bridgehead atoms. The van der Waals surface area contributed by atoms with Gasteiger partial charge in [0.05, 0.1) is 0 Å². The first-order chi connectivity index (χ1) is 13.0. The number of imide groups is 1. The van der Waals surface area contributed by atoms with Gasteiger partial charge in [-0.1, -0.05) is 75.4 Å².